The minimum absolute atomic E-state index is 1.01. The van der Waals surface area contributed by atoms with E-state index in [2.05, 4.69) is 9.95 Å². The number of nitrogens with zero attached hydrogens (tertiary/aromatic N) is 3. The molecule has 0 fully saturated rings. The van der Waals surface area contributed by atoms with Gasteiger partial charge in [0.15, 0.2) is 29.0 Å². The van der Waals surface area contributed by atoms with Crippen LogP contribution in [0.1, 0.15) is 0 Å². The molecule has 1 aliphatic carbocycles. The Morgan fingerprint density at radius 2 is 1.75 bits per heavy atom. The van der Waals surface area contributed by atoms with E-state index in [1.165, 1.54) is 5.43 Å². The summed E-state index contributed by atoms with van der Waals surface area (Å²) < 4.78 is 52.3. The summed E-state index contributed by atoms with van der Waals surface area (Å²) in [7, 11) is 0. The molecule has 0 amide bonds. The van der Waals surface area contributed by atoms with Crippen molar-refractivity contribution in [2.45, 2.75) is 6.04 Å². The van der Waals surface area contributed by atoms with Crippen molar-refractivity contribution in [3.8, 4) is 6.19 Å². The van der Waals surface area contributed by atoms with E-state index in [9.17, 15) is 17.6 Å². The number of nitrogens with one attached hydrogen (secondary N) is 1. The Hall–Kier alpha value is -2.35. The van der Waals surface area contributed by atoms with E-state index in [0.29, 0.717) is 0 Å². The molecule has 82 valence electrons. The normalized spacial score (nSPS) is 20.4. The third-order valence-electron chi connectivity index (χ3n) is 1.70. The molecule has 0 bridgehead atoms. The van der Waals surface area contributed by atoms with Crippen molar-refractivity contribution in [3.63, 3.8) is 0 Å². The van der Waals surface area contributed by atoms with Gasteiger partial charge < -0.3 is 0 Å². The Morgan fingerprint density at radius 1 is 1.25 bits per heavy atom. The fourth-order valence-corrected chi connectivity index (χ4v) is 1.01. The van der Waals surface area contributed by atoms with Gasteiger partial charge in [-0.15, -0.1) is 5.43 Å². The largest absolute Gasteiger partial charge is 0.206 e. The lowest BCUT2D eigenvalue weighted by atomic mass is 10.1. The molecule has 0 atom stereocenters. The summed E-state index contributed by atoms with van der Waals surface area (Å²) in [6.45, 7) is 6.29. The number of rotatable bonds is 1. The second kappa shape index (κ2) is 4.45. The van der Waals surface area contributed by atoms with Gasteiger partial charge in [0.05, 0.1) is 0 Å². The lowest BCUT2D eigenvalue weighted by Crippen LogP contribution is -2.31. The molecule has 1 rings (SSSR count). The first-order chi connectivity index (χ1) is 7.54. The molecule has 0 radical (unpaired) electrons. The predicted octanol–water partition coefficient (Wildman–Crippen LogP) is 2.02. The molecule has 0 saturated carbocycles. The zero-order valence-electron chi connectivity index (χ0n) is 7.43. The molecule has 0 unspecified atom stereocenters. The van der Waals surface area contributed by atoms with Gasteiger partial charge in [0, 0.05) is 0 Å². The predicted molar refractivity (Wildman–Crippen MR) is 45.1 cm³/mol. The highest BCUT2D eigenvalue weighted by Crippen LogP contribution is 2.31. The summed E-state index contributed by atoms with van der Waals surface area (Å²) in [6.07, 6.45) is 1.01. The van der Waals surface area contributed by atoms with Crippen molar-refractivity contribution in [1.29, 1.82) is 5.26 Å². The third kappa shape index (κ3) is 1.73. The molecule has 0 aromatic heterocycles. The Morgan fingerprint density at radius 3 is 2.12 bits per heavy atom. The maximum atomic E-state index is 13.1. The molecule has 0 aromatic rings. The monoisotopic (exact) mass is 230 g/mol. The molecule has 8 heteroatoms. The van der Waals surface area contributed by atoms with Crippen molar-refractivity contribution in [2.24, 2.45) is 4.99 Å². The topological polar surface area (TPSA) is 52.5 Å². The lowest BCUT2D eigenvalue weighted by Gasteiger charge is -2.15. The highest BCUT2D eigenvalue weighted by molar-refractivity contribution is 6.11. The first-order valence-corrected chi connectivity index (χ1v) is 3.74. The van der Waals surface area contributed by atoms with Gasteiger partial charge in [0.2, 0.25) is 12.2 Å². The van der Waals surface area contributed by atoms with Crippen molar-refractivity contribution in [1.82, 2.24) is 5.43 Å². The van der Waals surface area contributed by atoms with Gasteiger partial charge in [-0.25, -0.2) is 17.6 Å². The van der Waals surface area contributed by atoms with E-state index < -0.39 is 35.1 Å². The molecule has 1 aliphatic rings. The molecular weight excluding hydrogens is 228 g/mol. The smallest absolute Gasteiger partial charge is 0.205 e. The summed E-state index contributed by atoms with van der Waals surface area (Å²) in [5, 5.41) is 8.07. The van der Waals surface area contributed by atoms with E-state index in [4.69, 9.17) is 11.8 Å². The number of halogens is 4. The molecular formula is C8H2F4N4. The van der Waals surface area contributed by atoms with Crippen LogP contribution in [0.2, 0.25) is 0 Å². The zero-order valence-corrected chi connectivity index (χ0v) is 7.43. The second-order valence-electron chi connectivity index (χ2n) is 2.56. The van der Waals surface area contributed by atoms with E-state index in [1.807, 2.05) is 0 Å². The average Bonchev–Trinajstić information content (AvgIpc) is 2.28. The molecule has 0 heterocycles. The average molecular weight is 230 g/mol. The van der Waals surface area contributed by atoms with Crippen LogP contribution >= 0.6 is 0 Å². The maximum Gasteiger partial charge on any atom is 0.206 e. The van der Waals surface area contributed by atoms with Crippen LogP contribution < -0.4 is 5.43 Å². The van der Waals surface area contributed by atoms with Crippen molar-refractivity contribution in [2.75, 3.05) is 0 Å². The van der Waals surface area contributed by atoms with E-state index in [1.54, 1.807) is 0 Å². The highest BCUT2D eigenvalue weighted by atomic mass is 19.2. The highest BCUT2D eigenvalue weighted by Gasteiger charge is 2.38. The Balaban J connectivity index is 3.33. The summed E-state index contributed by atoms with van der Waals surface area (Å²) in [4.78, 5) is 5.03. The van der Waals surface area contributed by atoms with Crippen LogP contribution in [0.15, 0.2) is 28.3 Å². The number of hydrogen-bond donors (Lipinski definition) is 1. The van der Waals surface area contributed by atoms with Crippen LogP contribution in [0.5, 0.6) is 0 Å². The van der Waals surface area contributed by atoms with E-state index >= 15 is 0 Å². The number of hydrogen-bond acceptors (Lipinski definition) is 3. The first kappa shape index (κ1) is 11.7. The van der Waals surface area contributed by atoms with Crippen molar-refractivity contribution >= 4 is 5.71 Å². The summed E-state index contributed by atoms with van der Waals surface area (Å²) in [6, 6.07) is -2.14. The summed E-state index contributed by atoms with van der Waals surface area (Å²) >= 11 is 0. The van der Waals surface area contributed by atoms with Crippen LogP contribution in [0.25, 0.3) is 4.95 Å². The van der Waals surface area contributed by atoms with Gasteiger partial charge in [0.25, 0.3) is 0 Å². The standard InChI is InChI=1S/C8H2F4N4/c1-14-16-8-5(11)3(9)7(15-2-13)4(10)6(8)12/h8,16H. The van der Waals surface area contributed by atoms with Crippen LogP contribution in [0.4, 0.5) is 17.6 Å². The SMILES string of the molecule is [C-]#[N+]NC1C(F)=C(F)C(=NC#N)C(F)=C1F. The van der Waals surface area contributed by atoms with Gasteiger partial charge in [-0.2, -0.15) is 21.8 Å². The van der Waals surface area contributed by atoms with Crippen LogP contribution in [-0.2, 0) is 0 Å². The number of aliphatic imine (C=N–C) groups is 1. The Bertz CT molecular complexity index is 463. The van der Waals surface area contributed by atoms with E-state index in [-0.39, 0.29) is 0 Å². The molecule has 16 heavy (non-hydrogen) atoms. The first-order valence-electron chi connectivity index (χ1n) is 3.74. The minimum Gasteiger partial charge on any atom is -0.205 e. The Kier molecular flexibility index (Phi) is 3.26. The lowest BCUT2D eigenvalue weighted by molar-refractivity contribution is 0.414. The molecule has 1 N–H and O–H groups in total. The molecule has 0 spiro atoms. The maximum absolute atomic E-state index is 13.1. The molecule has 4 nitrogen and oxygen atoms in total. The quantitative estimate of drug-likeness (QED) is 0.324. The number of allylic oxidation sites excluding steroid dienone is 2. The molecule has 0 saturated heterocycles. The Labute approximate surface area is 87.0 Å². The van der Waals surface area contributed by atoms with Crippen molar-refractivity contribution < 1.29 is 17.6 Å². The van der Waals surface area contributed by atoms with E-state index in [0.717, 1.165) is 6.19 Å². The molecule has 0 aromatic carbocycles. The third-order valence-corrected chi connectivity index (χ3v) is 1.70. The van der Waals surface area contributed by atoms with Gasteiger partial charge in [-0.3, -0.25) is 0 Å². The number of nitriles is 1. The van der Waals surface area contributed by atoms with Crippen molar-refractivity contribution in [3.05, 3.63) is 34.8 Å². The second-order valence-corrected chi connectivity index (χ2v) is 2.56. The molecule has 0 aliphatic heterocycles. The fraction of sp³-hybridized carbons (Fsp3) is 0.125. The van der Waals surface area contributed by atoms with Gasteiger partial charge in [-0.1, -0.05) is 0 Å². The van der Waals surface area contributed by atoms with Crippen LogP contribution in [0, 0.1) is 18.0 Å². The van der Waals surface area contributed by atoms with Gasteiger partial charge >= 0.3 is 0 Å². The minimum atomic E-state index is -2.14. The van der Waals surface area contributed by atoms with Crippen LogP contribution in [0.3, 0.4) is 0 Å². The van der Waals surface area contributed by atoms with Gasteiger partial charge in [-0.05, 0) is 0 Å². The summed E-state index contributed by atoms with van der Waals surface area (Å²) in [5.41, 5.74) is 0.169. The summed E-state index contributed by atoms with van der Waals surface area (Å²) in [5.74, 6) is -7.07. The van der Waals surface area contributed by atoms with Gasteiger partial charge in [0.1, 0.15) is 0 Å². The fourth-order valence-electron chi connectivity index (χ4n) is 1.01. The van der Waals surface area contributed by atoms with Crippen LogP contribution in [-0.4, -0.2) is 11.8 Å². The zero-order chi connectivity index (χ0) is 12.3.